The number of fused-ring (bicyclic) bond motifs is 2. The van der Waals surface area contributed by atoms with Crippen LogP contribution in [0.2, 0.25) is 0 Å². The SMILES string of the molecule is O=C(CCC(=O)c1nc2ccccc2s1)Cc1ccccc1.O=C(O)CC[C@H](CC(=O)Cc1ccccc1)C(=O)c1nc2ccccc2s1. The quantitative estimate of drug-likeness (QED) is 0.107. The maximum Gasteiger partial charge on any atom is 0.303 e. The molecule has 0 amide bonds. The Kier molecular flexibility index (Phi) is 12.4. The van der Waals surface area contributed by atoms with Crippen LogP contribution >= 0.6 is 22.7 Å². The van der Waals surface area contributed by atoms with Gasteiger partial charge in [0.15, 0.2) is 21.6 Å². The van der Waals surface area contributed by atoms with Gasteiger partial charge in [-0.05, 0) is 41.8 Å². The number of aliphatic carboxylic acids is 1. The Balaban J connectivity index is 0.000000195. The van der Waals surface area contributed by atoms with Gasteiger partial charge in [-0.25, -0.2) is 9.97 Å². The average molecular weight is 691 g/mol. The summed E-state index contributed by atoms with van der Waals surface area (Å²) in [6.45, 7) is 0. The molecule has 4 aromatic carbocycles. The third-order valence-electron chi connectivity index (χ3n) is 7.71. The third-order valence-corrected chi connectivity index (χ3v) is 9.84. The maximum absolute atomic E-state index is 12.9. The van der Waals surface area contributed by atoms with E-state index in [0.29, 0.717) is 16.4 Å². The molecule has 6 aromatic rings. The molecule has 0 aliphatic heterocycles. The minimum Gasteiger partial charge on any atom is -0.481 e. The van der Waals surface area contributed by atoms with Crippen molar-refractivity contribution in [1.29, 1.82) is 0 Å². The Morgan fingerprint density at radius 3 is 1.61 bits per heavy atom. The summed E-state index contributed by atoms with van der Waals surface area (Å²) in [6, 6.07) is 34.0. The lowest BCUT2D eigenvalue weighted by atomic mass is 9.91. The lowest BCUT2D eigenvalue weighted by molar-refractivity contribution is -0.137. The van der Waals surface area contributed by atoms with E-state index in [4.69, 9.17) is 5.11 Å². The van der Waals surface area contributed by atoms with E-state index >= 15 is 0 Å². The van der Waals surface area contributed by atoms with Crippen molar-refractivity contribution in [2.75, 3.05) is 0 Å². The number of Topliss-reactive ketones (excluding diaryl/α,β-unsaturated/α-hetero) is 4. The molecular formula is C39H34N2O6S2. The number of nitrogens with zero attached hydrogens (tertiary/aromatic N) is 2. The number of rotatable bonds is 15. The van der Waals surface area contributed by atoms with E-state index in [1.54, 1.807) is 0 Å². The van der Waals surface area contributed by atoms with E-state index in [1.165, 1.54) is 22.7 Å². The topological polar surface area (TPSA) is 131 Å². The summed E-state index contributed by atoms with van der Waals surface area (Å²) in [5.74, 6) is -1.95. The van der Waals surface area contributed by atoms with Crippen molar-refractivity contribution in [3.05, 3.63) is 130 Å². The molecule has 2 heterocycles. The van der Waals surface area contributed by atoms with Crippen molar-refractivity contribution in [3.63, 3.8) is 0 Å². The Labute approximate surface area is 291 Å². The fourth-order valence-corrected chi connectivity index (χ4v) is 7.13. The normalized spacial score (nSPS) is 11.4. The molecule has 1 atom stereocenters. The molecule has 0 unspecified atom stereocenters. The predicted molar refractivity (Wildman–Crippen MR) is 192 cm³/mol. The number of hydrogen-bond acceptors (Lipinski definition) is 9. The standard InChI is InChI=1S/C21H19NO4S.C18H15NO2S/c23-16(12-14-6-2-1-3-7-14)13-15(10-11-19(24)25)20(26)21-22-17-8-4-5-9-18(17)27-21;20-14(12-13-6-2-1-3-7-13)10-11-16(21)18-19-15-8-4-5-9-17(15)22-18/h1-9,15H,10-13H2,(H,24,25);1-9H,10-12H2/t15-;/m1./s1. The summed E-state index contributed by atoms with van der Waals surface area (Å²) in [5, 5.41) is 9.82. The number of aromatic nitrogens is 2. The van der Waals surface area contributed by atoms with Crippen molar-refractivity contribution in [2.45, 2.75) is 44.9 Å². The first kappa shape index (κ1) is 35.1. The number of ketones is 4. The number of benzene rings is 4. The minimum atomic E-state index is -0.979. The van der Waals surface area contributed by atoms with Crippen LogP contribution in [0.3, 0.4) is 0 Å². The highest BCUT2D eigenvalue weighted by Gasteiger charge is 2.26. The summed E-state index contributed by atoms with van der Waals surface area (Å²) in [5.41, 5.74) is 3.44. The Hall–Kier alpha value is -5.19. The summed E-state index contributed by atoms with van der Waals surface area (Å²) in [7, 11) is 0. The number of carbonyl (C=O) groups is 5. The summed E-state index contributed by atoms with van der Waals surface area (Å²) in [6.07, 6.45) is 1.11. The predicted octanol–water partition coefficient (Wildman–Crippen LogP) is 8.23. The Morgan fingerprint density at radius 2 is 1.06 bits per heavy atom. The van der Waals surface area contributed by atoms with E-state index in [-0.39, 0.29) is 61.7 Å². The third kappa shape index (κ3) is 10.4. The van der Waals surface area contributed by atoms with Crippen LogP contribution in [0.4, 0.5) is 0 Å². The van der Waals surface area contributed by atoms with Crippen LogP contribution in [-0.4, -0.2) is 44.2 Å². The molecule has 6 rings (SSSR count). The van der Waals surface area contributed by atoms with Gasteiger partial charge in [0.25, 0.3) is 0 Å². The van der Waals surface area contributed by atoms with E-state index in [1.807, 2.05) is 109 Å². The number of carbonyl (C=O) groups excluding carboxylic acids is 4. The molecule has 10 heteroatoms. The van der Waals surface area contributed by atoms with E-state index in [2.05, 4.69) is 9.97 Å². The monoisotopic (exact) mass is 690 g/mol. The molecule has 248 valence electrons. The van der Waals surface area contributed by atoms with Gasteiger partial charge < -0.3 is 5.11 Å². The molecule has 0 spiro atoms. The zero-order valence-electron chi connectivity index (χ0n) is 26.6. The summed E-state index contributed by atoms with van der Waals surface area (Å²) < 4.78 is 1.90. The Morgan fingerprint density at radius 1 is 0.571 bits per heavy atom. The first-order chi connectivity index (χ1) is 23.7. The van der Waals surface area contributed by atoms with E-state index < -0.39 is 11.9 Å². The van der Waals surface area contributed by atoms with Gasteiger partial charge in [0.1, 0.15) is 11.6 Å². The fourth-order valence-electron chi connectivity index (χ4n) is 5.21. The minimum absolute atomic E-state index is 0.0247. The van der Waals surface area contributed by atoms with Gasteiger partial charge in [-0.3, -0.25) is 24.0 Å². The number of hydrogen-bond donors (Lipinski definition) is 1. The van der Waals surface area contributed by atoms with Crippen molar-refractivity contribution >= 4 is 72.2 Å². The van der Waals surface area contributed by atoms with E-state index in [0.717, 1.165) is 31.6 Å². The summed E-state index contributed by atoms with van der Waals surface area (Å²) >= 11 is 2.67. The number of para-hydroxylation sites is 2. The molecule has 2 aromatic heterocycles. The smallest absolute Gasteiger partial charge is 0.303 e. The first-order valence-electron chi connectivity index (χ1n) is 15.9. The van der Waals surface area contributed by atoms with Crippen LogP contribution in [0, 0.1) is 5.92 Å². The van der Waals surface area contributed by atoms with Crippen molar-refractivity contribution in [2.24, 2.45) is 5.92 Å². The second-order valence-corrected chi connectivity index (χ2v) is 13.6. The number of carboxylic acid groups (broad SMARTS) is 1. The van der Waals surface area contributed by atoms with Gasteiger partial charge in [-0.1, -0.05) is 84.9 Å². The molecule has 0 aliphatic rings. The van der Waals surface area contributed by atoms with Gasteiger partial charge in [0, 0.05) is 44.4 Å². The molecule has 0 aliphatic carbocycles. The molecule has 0 saturated carbocycles. The molecule has 0 fully saturated rings. The zero-order valence-corrected chi connectivity index (χ0v) is 28.3. The molecule has 0 bridgehead atoms. The largest absolute Gasteiger partial charge is 0.481 e. The van der Waals surface area contributed by atoms with Gasteiger partial charge in [-0.2, -0.15) is 0 Å². The molecular weight excluding hydrogens is 657 g/mol. The second kappa shape index (κ2) is 17.3. The molecule has 0 radical (unpaired) electrons. The van der Waals surface area contributed by atoms with Gasteiger partial charge in [0.05, 0.1) is 20.4 Å². The Bertz CT molecular complexity index is 2000. The van der Waals surface area contributed by atoms with Crippen LogP contribution in [-0.2, 0) is 27.2 Å². The van der Waals surface area contributed by atoms with Gasteiger partial charge in [0.2, 0.25) is 0 Å². The zero-order chi connectivity index (χ0) is 34.6. The highest BCUT2D eigenvalue weighted by Crippen LogP contribution is 2.27. The second-order valence-electron chi connectivity index (χ2n) is 11.5. The van der Waals surface area contributed by atoms with Crippen LogP contribution in [0.1, 0.15) is 62.8 Å². The van der Waals surface area contributed by atoms with Crippen LogP contribution in [0.5, 0.6) is 0 Å². The fraction of sp³-hybridized carbons (Fsp3) is 0.205. The number of thiazole rings is 2. The van der Waals surface area contributed by atoms with Crippen molar-refractivity contribution < 1.29 is 29.1 Å². The van der Waals surface area contributed by atoms with Crippen molar-refractivity contribution in [1.82, 2.24) is 9.97 Å². The number of carboxylic acids is 1. The molecule has 8 nitrogen and oxygen atoms in total. The average Bonchev–Trinajstić information content (AvgIpc) is 3.75. The van der Waals surface area contributed by atoms with Crippen LogP contribution < -0.4 is 0 Å². The van der Waals surface area contributed by atoms with E-state index in [9.17, 15) is 24.0 Å². The highest BCUT2D eigenvalue weighted by molar-refractivity contribution is 7.20. The molecule has 1 N–H and O–H groups in total. The lowest BCUT2D eigenvalue weighted by Crippen LogP contribution is -2.21. The van der Waals surface area contributed by atoms with Crippen LogP contribution in [0.15, 0.2) is 109 Å². The van der Waals surface area contributed by atoms with Gasteiger partial charge in [-0.15, -0.1) is 22.7 Å². The summed E-state index contributed by atoms with van der Waals surface area (Å²) in [4.78, 5) is 69.2. The maximum atomic E-state index is 12.9. The van der Waals surface area contributed by atoms with Gasteiger partial charge >= 0.3 is 5.97 Å². The van der Waals surface area contributed by atoms with Crippen LogP contribution in [0.25, 0.3) is 20.4 Å². The molecule has 49 heavy (non-hydrogen) atoms. The van der Waals surface area contributed by atoms with Crippen molar-refractivity contribution in [3.8, 4) is 0 Å². The first-order valence-corrected chi connectivity index (χ1v) is 17.5. The highest BCUT2D eigenvalue weighted by atomic mass is 32.1. The lowest BCUT2D eigenvalue weighted by Gasteiger charge is -2.13. The molecule has 0 saturated heterocycles.